The number of amides is 1. The lowest BCUT2D eigenvalue weighted by molar-refractivity contribution is -0.403. The number of halogens is 3. The molecule has 5 aliphatic heterocycles. The van der Waals surface area contributed by atoms with E-state index in [9.17, 15) is 9.18 Å². The third-order valence-corrected chi connectivity index (χ3v) is 12.8. The van der Waals surface area contributed by atoms with Crippen molar-refractivity contribution in [2.75, 3.05) is 42.4 Å². The van der Waals surface area contributed by atoms with Crippen LogP contribution in [0.5, 0.6) is 0 Å². The van der Waals surface area contributed by atoms with E-state index in [2.05, 4.69) is 30.9 Å². The quantitative estimate of drug-likeness (QED) is 0.227. The summed E-state index contributed by atoms with van der Waals surface area (Å²) in [5, 5.41) is 20.2. The molecule has 316 valence electrons. The number of aromatic nitrogens is 7. The molecule has 1 saturated carbocycles. The first kappa shape index (κ1) is 38.1. The van der Waals surface area contributed by atoms with Crippen LogP contribution in [0.2, 0.25) is 0 Å². The molecule has 1 aliphatic carbocycles. The maximum absolute atomic E-state index is 15.5. The van der Waals surface area contributed by atoms with Crippen LogP contribution < -0.4 is 15.1 Å². The highest BCUT2D eigenvalue weighted by atomic mass is 19.1. The highest BCUT2D eigenvalue weighted by molar-refractivity contribution is 5.94. The second-order valence-electron chi connectivity index (χ2n) is 16.7. The van der Waals surface area contributed by atoms with Gasteiger partial charge in [0.05, 0.1) is 47.2 Å². The number of rotatable bonds is 5. The van der Waals surface area contributed by atoms with Gasteiger partial charge in [-0.15, -0.1) is 4.68 Å². The Bertz CT molecular complexity index is 2870. The van der Waals surface area contributed by atoms with E-state index >= 15 is 8.78 Å². The number of likely N-dealkylation sites (N-methyl/N-ethyl adjacent to an activating group) is 1. The molecule has 2 unspecified atom stereocenters. The lowest BCUT2D eigenvalue weighted by Gasteiger charge is -2.54. The van der Waals surface area contributed by atoms with E-state index in [-0.39, 0.29) is 42.2 Å². The van der Waals surface area contributed by atoms with E-state index < -0.39 is 29.6 Å². The number of carbonyl (C=O) groups excluding carboxylic acids is 1. The highest BCUT2D eigenvalue weighted by Gasteiger charge is 2.48. The van der Waals surface area contributed by atoms with E-state index in [0.717, 1.165) is 30.8 Å². The molecule has 6 aromatic rings. The zero-order valence-corrected chi connectivity index (χ0v) is 34.0. The van der Waals surface area contributed by atoms with Crippen molar-refractivity contribution in [3.63, 3.8) is 0 Å². The summed E-state index contributed by atoms with van der Waals surface area (Å²) >= 11 is 0. The van der Waals surface area contributed by atoms with Gasteiger partial charge in [-0.3, -0.25) is 4.79 Å². The standard InChI is InChI=1S/C42H41F3N15O2/c1-22-48-34-13-25(44)11-30-33-5-4-6-37(50-33)49-26-14-36(41(61)55(2)19-29(62-3)20-57(22)38(30)34)58(18-26)39-31-16-47-60(35-8-7-24(43)12-32(35)45)40(31)52-42(51-39)59-27-9-23(10-28(59)15-27)17-56-21-46-53-54-56/h4-8,11-13,16-17,21,23,26-29,36H,9-10,14-15,18-20H2,1-3H3,(H,49,50)/q+1/b56-17+/t23?,26?,27-,28+,29-,36-/m0/s1. The minimum Gasteiger partial charge on any atom is -0.378 e. The number of piperidine rings is 1. The van der Waals surface area contributed by atoms with Gasteiger partial charge < -0.3 is 29.3 Å². The Morgan fingerprint density at radius 2 is 1.79 bits per heavy atom. The van der Waals surface area contributed by atoms with Crippen molar-refractivity contribution in [1.82, 2.24) is 39.2 Å². The summed E-state index contributed by atoms with van der Waals surface area (Å²) in [5.74, 6) is 0.236. The SMILES string of the molecule is CO[C@H]1CN(C)C(=O)[C@@H]2CC(CN2c2nc(N3[C@@H]4CC(/C=[N+]5\C=NN=N5)C[C@H]3C4)nc3c2cnn3-c2ccc(F)cc2F)Nc2cccc(n2)-c2cc(F)cc3nc(C)n(c23)C1. The Morgan fingerprint density at radius 1 is 0.935 bits per heavy atom. The molecule has 9 heterocycles. The molecule has 6 bridgehead atoms. The largest absolute Gasteiger partial charge is 0.378 e. The normalized spacial score (nSPS) is 25.2. The maximum Gasteiger partial charge on any atom is 0.294 e. The van der Waals surface area contributed by atoms with Gasteiger partial charge in [0.15, 0.2) is 11.5 Å². The molecule has 2 aromatic carbocycles. The molecule has 0 radical (unpaired) electrons. The first-order chi connectivity index (χ1) is 30.1. The topological polar surface area (TPSA) is 162 Å². The zero-order valence-electron chi connectivity index (χ0n) is 34.0. The molecule has 1 amide bonds. The summed E-state index contributed by atoms with van der Waals surface area (Å²) in [6, 6.07) is 11.0. The number of nitrogens with one attached hydrogen (secondary N) is 1. The minimum atomic E-state index is -0.800. The lowest BCUT2D eigenvalue weighted by atomic mass is 9.74. The van der Waals surface area contributed by atoms with Gasteiger partial charge in [-0.2, -0.15) is 15.1 Å². The molecular formula is C42H41F3N15O2+. The number of nitrogens with zero attached hydrogens (tertiary/aromatic N) is 14. The van der Waals surface area contributed by atoms with Crippen LogP contribution in [-0.4, -0.2) is 120 Å². The number of ether oxygens (including phenoxy) is 1. The molecule has 62 heavy (non-hydrogen) atoms. The smallest absolute Gasteiger partial charge is 0.294 e. The lowest BCUT2D eigenvalue weighted by Crippen LogP contribution is -2.62. The number of imidazole rings is 1. The average molecular weight is 845 g/mol. The van der Waals surface area contributed by atoms with Crippen LogP contribution in [0.25, 0.3) is 39.0 Å². The van der Waals surface area contributed by atoms with Crippen LogP contribution in [-0.2, 0) is 16.1 Å². The summed E-state index contributed by atoms with van der Waals surface area (Å²) in [6.07, 6.45) is 7.66. The predicted molar refractivity (Wildman–Crippen MR) is 223 cm³/mol. The number of hydrogen-bond donors (Lipinski definition) is 1. The average Bonchev–Trinajstić information content (AvgIpc) is 4.07. The van der Waals surface area contributed by atoms with Crippen molar-refractivity contribution >= 4 is 58.1 Å². The van der Waals surface area contributed by atoms with Crippen molar-refractivity contribution in [1.29, 1.82) is 0 Å². The molecule has 3 saturated heterocycles. The van der Waals surface area contributed by atoms with Crippen molar-refractivity contribution < 1.29 is 27.4 Å². The van der Waals surface area contributed by atoms with Gasteiger partial charge in [0.2, 0.25) is 17.1 Å². The van der Waals surface area contributed by atoms with E-state index in [1.807, 2.05) is 40.8 Å². The summed E-state index contributed by atoms with van der Waals surface area (Å²) in [7, 11) is 3.37. The zero-order chi connectivity index (χ0) is 42.4. The molecule has 4 fully saturated rings. The van der Waals surface area contributed by atoms with Crippen LogP contribution >= 0.6 is 0 Å². The fourth-order valence-electron chi connectivity index (χ4n) is 9.97. The van der Waals surface area contributed by atoms with Gasteiger partial charge in [-0.05, 0) is 62.9 Å². The number of aryl methyl sites for hydroxylation is 1. The Morgan fingerprint density at radius 3 is 2.58 bits per heavy atom. The first-order valence-corrected chi connectivity index (χ1v) is 20.6. The Labute approximate surface area is 352 Å². The fourth-order valence-corrected chi connectivity index (χ4v) is 9.97. The molecule has 6 atom stereocenters. The van der Waals surface area contributed by atoms with E-state index in [1.165, 1.54) is 28.9 Å². The van der Waals surface area contributed by atoms with Crippen LogP contribution in [0, 0.1) is 30.3 Å². The molecule has 0 spiro atoms. The number of methoxy groups -OCH3 is 1. The Hall–Kier alpha value is -6.83. The van der Waals surface area contributed by atoms with Crippen molar-refractivity contribution in [2.45, 2.75) is 69.4 Å². The van der Waals surface area contributed by atoms with Crippen molar-refractivity contribution in [2.24, 2.45) is 21.5 Å². The summed E-state index contributed by atoms with van der Waals surface area (Å²) in [5.41, 5.74) is 2.72. The van der Waals surface area contributed by atoms with Crippen LogP contribution in [0.1, 0.15) is 31.5 Å². The van der Waals surface area contributed by atoms with Gasteiger partial charge in [0, 0.05) is 69.0 Å². The second kappa shape index (κ2) is 14.7. The van der Waals surface area contributed by atoms with Crippen LogP contribution in [0.3, 0.4) is 0 Å². The monoisotopic (exact) mass is 844 g/mol. The van der Waals surface area contributed by atoms with E-state index in [1.54, 1.807) is 36.3 Å². The van der Waals surface area contributed by atoms with E-state index in [0.29, 0.717) is 70.7 Å². The Kier molecular flexibility index (Phi) is 9.02. The van der Waals surface area contributed by atoms with Gasteiger partial charge in [-0.25, -0.2) is 27.8 Å². The molecular weight excluding hydrogens is 804 g/mol. The highest BCUT2D eigenvalue weighted by Crippen LogP contribution is 2.44. The number of pyridine rings is 1. The summed E-state index contributed by atoms with van der Waals surface area (Å²) in [4.78, 5) is 40.7. The van der Waals surface area contributed by atoms with Gasteiger partial charge in [0.25, 0.3) is 6.34 Å². The molecule has 4 aromatic heterocycles. The van der Waals surface area contributed by atoms with Gasteiger partial charge in [0.1, 0.15) is 51.1 Å². The second-order valence-corrected chi connectivity index (χ2v) is 16.7. The number of benzene rings is 2. The fraction of sp³-hybridized carbons (Fsp3) is 0.381. The molecule has 20 heteroatoms. The first-order valence-electron chi connectivity index (χ1n) is 20.6. The third kappa shape index (κ3) is 6.42. The third-order valence-electron chi connectivity index (χ3n) is 12.8. The molecule has 1 N–H and O–H groups in total. The number of hydrogen-bond acceptors (Lipinski definition) is 13. The van der Waals surface area contributed by atoms with E-state index in [4.69, 9.17) is 24.7 Å². The number of anilines is 3. The van der Waals surface area contributed by atoms with Crippen LogP contribution in [0.15, 0.2) is 70.3 Å². The summed E-state index contributed by atoms with van der Waals surface area (Å²) in [6.45, 7) is 2.78. The number of fused-ring (bicyclic) bond motifs is 8. The van der Waals surface area contributed by atoms with Gasteiger partial charge in [-0.1, -0.05) is 6.07 Å². The summed E-state index contributed by atoms with van der Waals surface area (Å²) < 4.78 is 55.8. The predicted octanol–water partition coefficient (Wildman–Crippen LogP) is 5.26. The minimum absolute atomic E-state index is 0.0232. The van der Waals surface area contributed by atoms with Crippen molar-refractivity contribution in [3.05, 3.63) is 78.0 Å². The van der Waals surface area contributed by atoms with Crippen LogP contribution in [0.4, 0.5) is 30.8 Å². The molecule has 17 nitrogen and oxygen atoms in total. The van der Waals surface area contributed by atoms with Gasteiger partial charge >= 0.3 is 0 Å². The maximum atomic E-state index is 15.5. The molecule has 6 aliphatic rings. The Balaban J connectivity index is 1.02. The van der Waals surface area contributed by atoms with Crippen molar-refractivity contribution in [3.8, 4) is 16.9 Å². The number of carbonyl (C=O) groups is 1. The molecule has 12 rings (SSSR count).